The van der Waals surface area contributed by atoms with Gasteiger partial charge < -0.3 is 19.9 Å². The van der Waals surface area contributed by atoms with E-state index in [2.05, 4.69) is 22.3 Å². The number of β-amino-alcohol motifs (C(OH)–C–C–N with tert-alkyl or cyclic N) is 1. The molecule has 1 aliphatic heterocycles. The molecule has 2 N–H and O–H groups in total. The van der Waals surface area contributed by atoms with Gasteiger partial charge in [0.2, 0.25) is 0 Å². The Morgan fingerprint density at radius 2 is 1.85 bits per heavy atom. The van der Waals surface area contributed by atoms with Crippen molar-refractivity contribution in [2.24, 2.45) is 0 Å². The highest BCUT2D eigenvalue weighted by Crippen LogP contribution is 2.28. The highest BCUT2D eigenvalue weighted by molar-refractivity contribution is 5.85. The van der Waals surface area contributed by atoms with Gasteiger partial charge in [0.05, 0.1) is 14.2 Å². The van der Waals surface area contributed by atoms with Crippen molar-refractivity contribution in [3.63, 3.8) is 0 Å². The van der Waals surface area contributed by atoms with Gasteiger partial charge in [-0.05, 0) is 29.7 Å². The second-order valence-electron chi connectivity index (χ2n) is 6.85. The molecule has 27 heavy (non-hydrogen) atoms. The SMILES string of the molecule is COc1ccc(CNC(=O)C2(O)CCN(Cc3ccccc3)C2)cc1OC. The molecule has 0 bridgehead atoms. The van der Waals surface area contributed by atoms with Crippen LogP contribution in [0.5, 0.6) is 11.5 Å². The first kappa shape index (κ1) is 19.2. The Morgan fingerprint density at radius 3 is 2.56 bits per heavy atom. The van der Waals surface area contributed by atoms with Crippen LogP contribution in [0, 0.1) is 0 Å². The molecule has 144 valence electrons. The third-order valence-corrected chi connectivity index (χ3v) is 4.90. The Hall–Kier alpha value is -2.57. The number of carbonyl (C=O) groups excluding carboxylic acids is 1. The monoisotopic (exact) mass is 370 g/mol. The fourth-order valence-electron chi connectivity index (χ4n) is 3.37. The highest BCUT2D eigenvalue weighted by Gasteiger charge is 2.42. The normalized spacial score (nSPS) is 19.7. The van der Waals surface area contributed by atoms with Crippen LogP contribution in [0.4, 0.5) is 0 Å². The summed E-state index contributed by atoms with van der Waals surface area (Å²) >= 11 is 0. The lowest BCUT2D eigenvalue weighted by Crippen LogP contribution is -2.48. The fraction of sp³-hybridized carbons (Fsp3) is 0.381. The Kier molecular flexibility index (Phi) is 5.98. The first-order chi connectivity index (χ1) is 13.0. The van der Waals surface area contributed by atoms with Gasteiger partial charge in [0, 0.05) is 26.2 Å². The van der Waals surface area contributed by atoms with Crippen molar-refractivity contribution in [3.05, 3.63) is 59.7 Å². The number of likely N-dealkylation sites (tertiary alicyclic amines) is 1. The average molecular weight is 370 g/mol. The van der Waals surface area contributed by atoms with Crippen molar-refractivity contribution >= 4 is 5.91 Å². The number of carbonyl (C=O) groups is 1. The first-order valence-electron chi connectivity index (χ1n) is 9.02. The van der Waals surface area contributed by atoms with Crippen molar-refractivity contribution in [2.75, 3.05) is 27.3 Å². The van der Waals surface area contributed by atoms with Gasteiger partial charge in [-0.1, -0.05) is 36.4 Å². The zero-order valence-electron chi connectivity index (χ0n) is 15.8. The summed E-state index contributed by atoms with van der Waals surface area (Å²) in [7, 11) is 3.15. The van der Waals surface area contributed by atoms with Crippen LogP contribution < -0.4 is 14.8 Å². The molecule has 2 aromatic carbocycles. The molecule has 1 fully saturated rings. The van der Waals surface area contributed by atoms with Gasteiger partial charge in [-0.25, -0.2) is 0 Å². The average Bonchev–Trinajstić information content (AvgIpc) is 3.08. The molecule has 0 spiro atoms. The van der Waals surface area contributed by atoms with Crippen LogP contribution in [0.15, 0.2) is 48.5 Å². The van der Waals surface area contributed by atoms with Crippen molar-refractivity contribution in [2.45, 2.75) is 25.1 Å². The Morgan fingerprint density at radius 1 is 1.11 bits per heavy atom. The predicted molar refractivity (Wildman–Crippen MR) is 103 cm³/mol. The Labute approximate surface area is 159 Å². The summed E-state index contributed by atoms with van der Waals surface area (Å²) in [6.45, 7) is 2.07. The summed E-state index contributed by atoms with van der Waals surface area (Å²) < 4.78 is 10.5. The predicted octanol–water partition coefficient (Wildman–Crippen LogP) is 1.96. The molecule has 1 unspecified atom stereocenters. The number of amides is 1. The van der Waals surface area contributed by atoms with Gasteiger partial charge in [0.25, 0.3) is 5.91 Å². The Balaban J connectivity index is 1.56. The lowest BCUT2D eigenvalue weighted by Gasteiger charge is -2.23. The summed E-state index contributed by atoms with van der Waals surface area (Å²) in [4.78, 5) is 14.7. The number of aliphatic hydroxyl groups is 1. The molecule has 1 amide bonds. The number of nitrogens with one attached hydrogen (secondary N) is 1. The molecule has 1 saturated heterocycles. The van der Waals surface area contributed by atoms with Gasteiger partial charge in [-0.15, -0.1) is 0 Å². The highest BCUT2D eigenvalue weighted by atomic mass is 16.5. The molecule has 0 aromatic heterocycles. The van der Waals surface area contributed by atoms with Crippen LogP contribution in [-0.4, -0.2) is 48.8 Å². The van der Waals surface area contributed by atoms with Gasteiger partial charge in [-0.2, -0.15) is 0 Å². The lowest BCUT2D eigenvalue weighted by molar-refractivity contribution is -0.138. The standard InChI is InChI=1S/C21H26N2O4/c1-26-18-9-8-17(12-19(18)27-2)13-22-20(24)21(25)10-11-23(15-21)14-16-6-4-3-5-7-16/h3-9,12,25H,10-11,13-15H2,1-2H3,(H,22,24). The Bertz CT molecular complexity index is 781. The smallest absolute Gasteiger partial charge is 0.253 e. The third-order valence-electron chi connectivity index (χ3n) is 4.90. The van der Waals surface area contributed by atoms with E-state index in [1.807, 2.05) is 30.3 Å². The van der Waals surface area contributed by atoms with Crippen LogP contribution in [-0.2, 0) is 17.9 Å². The molecule has 0 aliphatic carbocycles. The second-order valence-corrected chi connectivity index (χ2v) is 6.85. The number of nitrogens with zero attached hydrogens (tertiary/aromatic N) is 1. The van der Waals surface area contributed by atoms with Crippen LogP contribution in [0.3, 0.4) is 0 Å². The minimum Gasteiger partial charge on any atom is -0.493 e. The maximum atomic E-state index is 12.6. The van der Waals surface area contributed by atoms with Gasteiger partial charge in [0.15, 0.2) is 17.1 Å². The van der Waals surface area contributed by atoms with Gasteiger partial charge in [0.1, 0.15) is 0 Å². The molecule has 0 saturated carbocycles. The van der Waals surface area contributed by atoms with E-state index in [9.17, 15) is 9.90 Å². The second kappa shape index (κ2) is 8.41. The number of benzene rings is 2. The molecule has 1 aliphatic rings. The van der Waals surface area contributed by atoms with Crippen molar-refractivity contribution in [1.82, 2.24) is 10.2 Å². The molecule has 1 atom stereocenters. The van der Waals surface area contributed by atoms with E-state index >= 15 is 0 Å². The van der Waals surface area contributed by atoms with Crippen LogP contribution in [0.25, 0.3) is 0 Å². The molecular formula is C21H26N2O4. The van der Waals surface area contributed by atoms with Gasteiger partial charge in [-0.3, -0.25) is 9.69 Å². The largest absolute Gasteiger partial charge is 0.493 e. The number of rotatable bonds is 7. The first-order valence-corrected chi connectivity index (χ1v) is 9.02. The summed E-state index contributed by atoms with van der Waals surface area (Å²) in [5, 5.41) is 13.6. The summed E-state index contributed by atoms with van der Waals surface area (Å²) in [6.07, 6.45) is 0.428. The van der Waals surface area contributed by atoms with Crippen LogP contribution in [0.2, 0.25) is 0 Å². The molecule has 0 radical (unpaired) electrons. The minimum atomic E-state index is -1.36. The number of hydrogen-bond acceptors (Lipinski definition) is 5. The zero-order valence-corrected chi connectivity index (χ0v) is 15.8. The lowest BCUT2D eigenvalue weighted by atomic mass is 10.0. The topological polar surface area (TPSA) is 71.0 Å². The fourth-order valence-corrected chi connectivity index (χ4v) is 3.37. The van der Waals surface area contributed by atoms with Crippen LogP contribution in [0.1, 0.15) is 17.5 Å². The molecule has 1 heterocycles. The van der Waals surface area contributed by atoms with E-state index in [1.54, 1.807) is 20.3 Å². The number of methoxy groups -OCH3 is 2. The zero-order chi connectivity index (χ0) is 19.3. The van der Waals surface area contributed by atoms with Crippen molar-refractivity contribution in [3.8, 4) is 11.5 Å². The molecule has 6 nitrogen and oxygen atoms in total. The van der Waals surface area contributed by atoms with Crippen molar-refractivity contribution in [1.29, 1.82) is 0 Å². The summed E-state index contributed by atoms with van der Waals surface area (Å²) in [6, 6.07) is 15.5. The molecular weight excluding hydrogens is 344 g/mol. The van der Waals surface area contributed by atoms with E-state index in [1.165, 1.54) is 5.56 Å². The van der Waals surface area contributed by atoms with E-state index < -0.39 is 5.60 Å². The minimum absolute atomic E-state index is 0.320. The van der Waals surface area contributed by atoms with Crippen molar-refractivity contribution < 1.29 is 19.4 Å². The number of hydrogen-bond donors (Lipinski definition) is 2. The molecule has 3 rings (SSSR count). The number of ether oxygens (including phenoxy) is 2. The van der Waals surface area contributed by atoms with E-state index in [-0.39, 0.29) is 5.91 Å². The molecule has 2 aromatic rings. The quantitative estimate of drug-likeness (QED) is 0.780. The van der Waals surface area contributed by atoms with Crippen LogP contribution >= 0.6 is 0 Å². The molecule has 6 heteroatoms. The van der Waals surface area contributed by atoms with Gasteiger partial charge >= 0.3 is 0 Å². The summed E-state index contributed by atoms with van der Waals surface area (Å²) in [5.74, 6) is 0.907. The van der Waals surface area contributed by atoms with E-state index in [0.717, 1.165) is 12.1 Å². The van der Waals surface area contributed by atoms with E-state index in [0.29, 0.717) is 37.6 Å². The van der Waals surface area contributed by atoms with E-state index in [4.69, 9.17) is 9.47 Å². The third kappa shape index (κ3) is 4.59. The maximum absolute atomic E-state index is 12.6. The summed E-state index contributed by atoms with van der Waals surface area (Å²) in [5.41, 5.74) is 0.696. The maximum Gasteiger partial charge on any atom is 0.253 e.